The van der Waals surface area contributed by atoms with E-state index in [-0.39, 0.29) is 6.03 Å². The van der Waals surface area contributed by atoms with Gasteiger partial charge in [0.25, 0.3) is 0 Å². The second-order valence-electron chi connectivity index (χ2n) is 5.61. The summed E-state index contributed by atoms with van der Waals surface area (Å²) in [6.07, 6.45) is 3.75. The number of piperidine rings is 1. The van der Waals surface area contributed by atoms with Crippen LogP contribution in [0.5, 0.6) is 0 Å². The predicted molar refractivity (Wildman–Crippen MR) is 76.8 cm³/mol. The molecular formula is C14H22N4O3. The summed E-state index contributed by atoms with van der Waals surface area (Å²) in [7, 11) is 1.85. The highest BCUT2D eigenvalue weighted by Gasteiger charge is 2.34. The van der Waals surface area contributed by atoms with E-state index in [4.69, 9.17) is 0 Å². The quantitative estimate of drug-likeness (QED) is 0.862. The van der Waals surface area contributed by atoms with Crippen molar-refractivity contribution in [1.29, 1.82) is 0 Å². The number of carboxylic acid groups (broad SMARTS) is 1. The molecule has 0 spiro atoms. The van der Waals surface area contributed by atoms with Crippen molar-refractivity contribution in [3.63, 3.8) is 0 Å². The zero-order chi connectivity index (χ0) is 15.4. The van der Waals surface area contributed by atoms with Crippen LogP contribution < -0.4 is 5.32 Å². The van der Waals surface area contributed by atoms with Crippen molar-refractivity contribution >= 4 is 12.0 Å². The van der Waals surface area contributed by atoms with Gasteiger partial charge < -0.3 is 15.3 Å². The van der Waals surface area contributed by atoms with Gasteiger partial charge in [0.05, 0.1) is 0 Å². The molecule has 7 nitrogen and oxygen atoms in total. The van der Waals surface area contributed by atoms with Gasteiger partial charge in [0, 0.05) is 38.4 Å². The number of rotatable bonds is 4. The number of amides is 2. The van der Waals surface area contributed by atoms with Gasteiger partial charge in [-0.15, -0.1) is 0 Å². The van der Waals surface area contributed by atoms with Crippen molar-refractivity contribution < 1.29 is 14.7 Å². The number of nitrogens with one attached hydrogen (secondary N) is 1. The number of aryl methyl sites for hydroxylation is 1. The lowest BCUT2D eigenvalue weighted by Crippen LogP contribution is -2.53. The largest absolute Gasteiger partial charge is 0.480 e. The Morgan fingerprint density at radius 1 is 1.52 bits per heavy atom. The SMILES string of the molecule is CC1CCN(C(=O)NCCc2ccnn2C)C(C(=O)O)C1. The van der Waals surface area contributed by atoms with Crippen molar-refractivity contribution in [1.82, 2.24) is 20.0 Å². The molecule has 2 N–H and O–H groups in total. The average Bonchev–Trinajstić information content (AvgIpc) is 2.84. The molecule has 2 atom stereocenters. The third kappa shape index (κ3) is 3.74. The summed E-state index contributed by atoms with van der Waals surface area (Å²) < 4.78 is 1.76. The topological polar surface area (TPSA) is 87.5 Å². The summed E-state index contributed by atoms with van der Waals surface area (Å²) in [6.45, 7) is 2.99. The van der Waals surface area contributed by atoms with E-state index in [1.54, 1.807) is 10.9 Å². The Labute approximate surface area is 123 Å². The Bertz CT molecular complexity index is 514. The van der Waals surface area contributed by atoms with E-state index in [9.17, 15) is 14.7 Å². The molecule has 116 valence electrons. The summed E-state index contributed by atoms with van der Waals surface area (Å²) in [4.78, 5) is 24.9. The molecule has 2 amide bonds. The maximum absolute atomic E-state index is 12.2. The summed E-state index contributed by atoms with van der Waals surface area (Å²) in [6, 6.07) is 0.885. The minimum absolute atomic E-state index is 0.295. The smallest absolute Gasteiger partial charge is 0.326 e. The number of aliphatic carboxylic acids is 1. The molecule has 1 aromatic rings. The number of carbonyl (C=O) groups excluding carboxylic acids is 1. The van der Waals surface area contributed by atoms with E-state index >= 15 is 0 Å². The highest BCUT2D eigenvalue weighted by molar-refractivity contribution is 5.82. The molecule has 1 aromatic heterocycles. The fourth-order valence-electron chi connectivity index (χ4n) is 2.66. The molecule has 2 unspecified atom stereocenters. The second-order valence-corrected chi connectivity index (χ2v) is 5.61. The third-order valence-corrected chi connectivity index (χ3v) is 3.99. The van der Waals surface area contributed by atoms with Crippen LogP contribution >= 0.6 is 0 Å². The number of carbonyl (C=O) groups is 2. The van der Waals surface area contributed by atoms with Crippen LogP contribution in [0.3, 0.4) is 0 Å². The molecule has 0 saturated carbocycles. The van der Waals surface area contributed by atoms with Crippen molar-refractivity contribution in [2.75, 3.05) is 13.1 Å². The highest BCUT2D eigenvalue weighted by Crippen LogP contribution is 2.22. The summed E-state index contributed by atoms with van der Waals surface area (Å²) >= 11 is 0. The van der Waals surface area contributed by atoms with Crippen LogP contribution in [0.15, 0.2) is 12.3 Å². The predicted octanol–water partition coefficient (Wildman–Crippen LogP) is 0.857. The van der Waals surface area contributed by atoms with Crippen LogP contribution in [-0.2, 0) is 18.3 Å². The van der Waals surface area contributed by atoms with Crippen LogP contribution in [0.1, 0.15) is 25.5 Å². The minimum Gasteiger partial charge on any atom is -0.480 e. The fraction of sp³-hybridized carbons (Fsp3) is 0.643. The Morgan fingerprint density at radius 2 is 2.29 bits per heavy atom. The summed E-state index contributed by atoms with van der Waals surface area (Å²) in [5.74, 6) is -0.590. The standard InChI is InChI=1S/C14H22N4O3/c1-10-5-8-18(12(9-10)13(19)20)14(21)15-6-3-11-4-7-16-17(11)2/h4,7,10,12H,3,5-6,8-9H2,1-2H3,(H,15,21)(H,19,20). The van der Waals surface area contributed by atoms with Gasteiger partial charge in [-0.05, 0) is 24.8 Å². The normalized spacial score (nSPS) is 22.1. The van der Waals surface area contributed by atoms with Gasteiger partial charge in [0.2, 0.25) is 0 Å². The number of aromatic nitrogens is 2. The zero-order valence-corrected chi connectivity index (χ0v) is 12.5. The van der Waals surface area contributed by atoms with Gasteiger partial charge >= 0.3 is 12.0 Å². The molecule has 1 saturated heterocycles. The third-order valence-electron chi connectivity index (χ3n) is 3.99. The number of carboxylic acids is 1. The monoisotopic (exact) mass is 294 g/mol. The van der Waals surface area contributed by atoms with Gasteiger partial charge in [-0.1, -0.05) is 6.92 Å². The first kappa shape index (κ1) is 15.3. The molecule has 0 bridgehead atoms. The first-order valence-electron chi connectivity index (χ1n) is 7.23. The van der Waals surface area contributed by atoms with Gasteiger partial charge in [-0.2, -0.15) is 5.10 Å². The molecule has 0 aromatic carbocycles. The van der Waals surface area contributed by atoms with Gasteiger partial charge in [0.15, 0.2) is 0 Å². The Hall–Kier alpha value is -2.05. The van der Waals surface area contributed by atoms with Crippen molar-refractivity contribution in [2.24, 2.45) is 13.0 Å². The zero-order valence-electron chi connectivity index (χ0n) is 12.5. The molecule has 1 aliphatic rings. The molecule has 21 heavy (non-hydrogen) atoms. The molecule has 0 aliphatic carbocycles. The van der Waals surface area contributed by atoms with Gasteiger partial charge in [0.1, 0.15) is 6.04 Å². The van der Waals surface area contributed by atoms with Crippen molar-refractivity contribution in [2.45, 2.75) is 32.2 Å². The van der Waals surface area contributed by atoms with Crippen LogP contribution in [0.2, 0.25) is 0 Å². The lowest BCUT2D eigenvalue weighted by Gasteiger charge is -2.35. The summed E-state index contributed by atoms with van der Waals surface area (Å²) in [5, 5.41) is 16.1. The number of likely N-dealkylation sites (tertiary alicyclic amines) is 1. The Balaban J connectivity index is 1.87. The summed E-state index contributed by atoms with van der Waals surface area (Å²) in [5.41, 5.74) is 1.03. The maximum Gasteiger partial charge on any atom is 0.326 e. The van der Waals surface area contributed by atoms with E-state index in [2.05, 4.69) is 10.4 Å². The lowest BCUT2D eigenvalue weighted by atomic mass is 9.93. The lowest BCUT2D eigenvalue weighted by molar-refractivity contribution is -0.143. The van der Waals surface area contributed by atoms with E-state index in [1.165, 1.54) is 4.90 Å². The van der Waals surface area contributed by atoms with E-state index in [1.807, 2.05) is 20.0 Å². The Morgan fingerprint density at radius 3 is 2.90 bits per heavy atom. The van der Waals surface area contributed by atoms with E-state index in [0.717, 1.165) is 12.1 Å². The van der Waals surface area contributed by atoms with Crippen LogP contribution in [0, 0.1) is 5.92 Å². The number of hydrogen-bond donors (Lipinski definition) is 2. The molecular weight excluding hydrogens is 272 g/mol. The van der Waals surface area contributed by atoms with E-state index in [0.29, 0.717) is 31.8 Å². The molecule has 2 heterocycles. The molecule has 1 aliphatic heterocycles. The van der Waals surface area contributed by atoms with Gasteiger partial charge in [-0.25, -0.2) is 9.59 Å². The van der Waals surface area contributed by atoms with Crippen LogP contribution in [0.4, 0.5) is 4.79 Å². The van der Waals surface area contributed by atoms with Crippen LogP contribution in [0.25, 0.3) is 0 Å². The molecule has 0 radical (unpaired) electrons. The van der Waals surface area contributed by atoms with Crippen LogP contribution in [-0.4, -0.2) is 50.9 Å². The van der Waals surface area contributed by atoms with Crippen molar-refractivity contribution in [3.8, 4) is 0 Å². The maximum atomic E-state index is 12.2. The first-order chi connectivity index (χ1) is 9.99. The number of urea groups is 1. The second kappa shape index (κ2) is 6.60. The van der Waals surface area contributed by atoms with Crippen molar-refractivity contribution in [3.05, 3.63) is 18.0 Å². The number of nitrogens with zero attached hydrogens (tertiary/aromatic N) is 3. The fourth-order valence-corrected chi connectivity index (χ4v) is 2.66. The molecule has 7 heteroatoms. The first-order valence-corrected chi connectivity index (χ1v) is 7.23. The number of hydrogen-bond acceptors (Lipinski definition) is 3. The average molecular weight is 294 g/mol. The Kier molecular flexibility index (Phi) is 4.82. The highest BCUT2D eigenvalue weighted by atomic mass is 16.4. The minimum atomic E-state index is -0.927. The van der Waals surface area contributed by atoms with E-state index < -0.39 is 12.0 Å². The molecule has 2 rings (SSSR count). The van der Waals surface area contributed by atoms with Gasteiger partial charge in [-0.3, -0.25) is 4.68 Å². The molecule has 1 fully saturated rings.